The molecule has 1 fully saturated rings. The number of fused-ring (bicyclic) bond motifs is 1. The van der Waals surface area contributed by atoms with Crippen LogP contribution in [-0.2, 0) is 0 Å². The van der Waals surface area contributed by atoms with Crippen molar-refractivity contribution >= 4 is 28.1 Å². The number of aromatic hydroxyl groups is 1. The van der Waals surface area contributed by atoms with Gasteiger partial charge < -0.3 is 25.8 Å². The molecule has 1 aliphatic heterocycles. The maximum atomic E-state index is 13.3. The normalized spacial score (nSPS) is 14.8. The maximum Gasteiger partial charge on any atom is 0.164 e. The number of hydrogen-bond acceptors (Lipinski definition) is 7. The molecule has 146 valence electrons. The summed E-state index contributed by atoms with van der Waals surface area (Å²) in [7, 11) is 1.64. The van der Waals surface area contributed by atoms with Crippen molar-refractivity contribution in [2.45, 2.75) is 18.9 Å². The van der Waals surface area contributed by atoms with E-state index in [0.29, 0.717) is 17.5 Å². The molecule has 0 bridgehead atoms. The van der Waals surface area contributed by atoms with Crippen LogP contribution in [0.1, 0.15) is 12.8 Å². The van der Waals surface area contributed by atoms with Crippen molar-refractivity contribution < 1.29 is 14.2 Å². The van der Waals surface area contributed by atoms with Crippen molar-refractivity contribution in [3.8, 4) is 11.5 Å². The van der Waals surface area contributed by atoms with Gasteiger partial charge in [-0.2, -0.15) is 0 Å². The molecule has 2 heterocycles. The highest BCUT2D eigenvalue weighted by Crippen LogP contribution is 2.34. The van der Waals surface area contributed by atoms with Crippen molar-refractivity contribution in [2.75, 3.05) is 30.8 Å². The lowest BCUT2D eigenvalue weighted by Gasteiger charge is -2.25. The molecule has 28 heavy (non-hydrogen) atoms. The van der Waals surface area contributed by atoms with Crippen LogP contribution in [-0.4, -0.2) is 41.3 Å². The summed E-state index contributed by atoms with van der Waals surface area (Å²) in [6.45, 7) is 1.97. The second kappa shape index (κ2) is 7.85. The molecule has 0 spiro atoms. The van der Waals surface area contributed by atoms with Crippen molar-refractivity contribution in [2.24, 2.45) is 0 Å². The number of phenols is 1. The van der Waals surface area contributed by atoms with Gasteiger partial charge in [0, 0.05) is 29.2 Å². The van der Waals surface area contributed by atoms with Gasteiger partial charge in [-0.3, -0.25) is 0 Å². The van der Waals surface area contributed by atoms with Crippen molar-refractivity contribution in [3.63, 3.8) is 0 Å². The minimum absolute atomic E-state index is 0.364. The number of nitrogens with one attached hydrogen (secondary N) is 3. The van der Waals surface area contributed by atoms with Gasteiger partial charge in [0.05, 0.1) is 18.3 Å². The Bertz CT molecular complexity index is 992. The Morgan fingerprint density at radius 2 is 2.00 bits per heavy atom. The van der Waals surface area contributed by atoms with Crippen LogP contribution in [0.5, 0.6) is 11.5 Å². The van der Waals surface area contributed by atoms with Gasteiger partial charge in [-0.25, -0.2) is 14.4 Å². The maximum absolute atomic E-state index is 13.3. The van der Waals surface area contributed by atoms with Crippen LogP contribution in [0.2, 0.25) is 0 Å². The van der Waals surface area contributed by atoms with Gasteiger partial charge in [-0.15, -0.1) is 0 Å². The predicted octanol–water partition coefficient (Wildman–Crippen LogP) is 3.39. The Morgan fingerprint density at radius 1 is 1.18 bits per heavy atom. The van der Waals surface area contributed by atoms with Crippen LogP contribution in [0.25, 0.3) is 10.9 Å². The predicted molar refractivity (Wildman–Crippen MR) is 107 cm³/mol. The molecule has 0 radical (unpaired) electrons. The van der Waals surface area contributed by atoms with E-state index in [0.717, 1.165) is 48.3 Å². The molecule has 1 aromatic heterocycles. The lowest BCUT2D eigenvalue weighted by molar-refractivity contribution is 0.414. The molecule has 2 aromatic carbocycles. The second-order valence-corrected chi connectivity index (χ2v) is 6.75. The number of nitrogens with zero attached hydrogens (tertiary/aromatic N) is 2. The highest BCUT2D eigenvalue weighted by Gasteiger charge is 2.17. The van der Waals surface area contributed by atoms with E-state index >= 15 is 0 Å². The van der Waals surface area contributed by atoms with E-state index in [1.807, 2.05) is 12.1 Å². The van der Waals surface area contributed by atoms with Gasteiger partial charge in [0.1, 0.15) is 17.9 Å². The molecule has 1 aliphatic rings. The second-order valence-electron chi connectivity index (χ2n) is 6.75. The van der Waals surface area contributed by atoms with Crippen LogP contribution in [0.3, 0.4) is 0 Å². The highest BCUT2D eigenvalue weighted by atomic mass is 19.1. The van der Waals surface area contributed by atoms with Crippen LogP contribution < -0.4 is 20.7 Å². The van der Waals surface area contributed by atoms with Crippen LogP contribution in [0, 0.1) is 5.82 Å². The Balaban J connectivity index is 1.70. The summed E-state index contributed by atoms with van der Waals surface area (Å²) in [5.41, 5.74) is 2.13. The largest absolute Gasteiger partial charge is 0.505 e. The third-order valence-electron chi connectivity index (χ3n) is 4.86. The zero-order chi connectivity index (χ0) is 19.5. The smallest absolute Gasteiger partial charge is 0.164 e. The molecule has 7 nitrogen and oxygen atoms in total. The molecule has 0 saturated carbocycles. The molecule has 8 heteroatoms. The summed E-state index contributed by atoms with van der Waals surface area (Å²) in [6, 6.07) is 8.26. The summed E-state index contributed by atoms with van der Waals surface area (Å²) < 4.78 is 18.9. The summed E-state index contributed by atoms with van der Waals surface area (Å²) in [4.78, 5) is 8.65. The number of methoxy groups -OCH3 is 1. The lowest BCUT2D eigenvalue weighted by atomic mass is 10.1. The van der Waals surface area contributed by atoms with Crippen molar-refractivity contribution in [1.29, 1.82) is 0 Å². The number of phenolic OH excluding ortho intramolecular Hbond substituents is 1. The van der Waals surface area contributed by atoms with Gasteiger partial charge in [0.2, 0.25) is 0 Å². The fourth-order valence-corrected chi connectivity index (χ4v) is 3.38. The Morgan fingerprint density at radius 3 is 2.75 bits per heavy atom. The number of ether oxygens (including phenoxy) is 1. The first-order valence-electron chi connectivity index (χ1n) is 9.19. The first kappa shape index (κ1) is 18.2. The molecular weight excluding hydrogens is 361 g/mol. The zero-order valence-electron chi connectivity index (χ0n) is 15.5. The van der Waals surface area contributed by atoms with E-state index in [1.165, 1.54) is 18.5 Å². The van der Waals surface area contributed by atoms with Crippen LogP contribution >= 0.6 is 0 Å². The number of benzene rings is 2. The number of aromatic nitrogens is 2. The average molecular weight is 383 g/mol. The molecule has 3 aromatic rings. The summed E-state index contributed by atoms with van der Waals surface area (Å²) in [5.74, 6) is 0.191. The first-order valence-corrected chi connectivity index (χ1v) is 9.19. The minimum atomic E-state index is -0.670. The van der Waals surface area contributed by atoms with E-state index in [2.05, 4.69) is 25.9 Å². The van der Waals surface area contributed by atoms with E-state index < -0.39 is 11.6 Å². The highest BCUT2D eigenvalue weighted by molar-refractivity contribution is 5.95. The molecular formula is C20H22FN5O2. The molecule has 0 amide bonds. The quantitative estimate of drug-likeness (QED) is 0.537. The monoisotopic (exact) mass is 383 g/mol. The molecule has 0 unspecified atom stereocenters. The van der Waals surface area contributed by atoms with Gasteiger partial charge >= 0.3 is 0 Å². The summed E-state index contributed by atoms with van der Waals surface area (Å²) in [5, 5.41) is 20.4. The Hall–Kier alpha value is -3.13. The molecule has 4 rings (SSSR count). The number of anilines is 3. The number of rotatable bonds is 5. The number of hydrogen-bond donors (Lipinski definition) is 4. The number of halogens is 1. The molecule has 4 N–H and O–H groups in total. The topological polar surface area (TPSA) is 91.3 Å². The Labute approximate surface area is 162 Å². The van der Waals surface area contributed by atoms with Gasteiger partial charge in [0.15, 0.2) is 11.6 Å². The van der Waals surface area contributed by atoms with Crippen molar-refractivity contribution in [1.82, 2.24) is 15.3 Å². The Kier molecular flexibility index (Phi) is 5.12. The number of piperidine rings is 1. The van der Waals surface area contributed by atoms with Crippen LogP contribution in [0.15, 0.2) is 36.7 Å². The van der Waals surface area contributed by atoms with Crippen molar-refractivity contribution in [3.05, 3.63) is 42.5 Å². The molecule has 0 atom stereocenters. The van der Waals surface area contributed by atoms with E-state index in [4.69, 9.17) is 4.74 Å². The molecule has 1 saturated heterocycles. The van der Waals surface area contributed by atoms with E-state index in [9.17, 15) is 9.50 Å². The third kappa shape index (κ3) is 3.77. The lowest BCUT2D eigenvalue weighted by Crippen LogP contribution is -2.35. The van der Waals surface area contributed by atoms with Gasteiger partial charge in [0.25, 0.3) is 0 Å². The fraction of sp³-hybridized carbons (Fsp3) is 0.300. The summed E-state index contributed by atoms with van der Waals surface area (Å²) in [6.07, 6.45) is 3.52. The first-order chi connectivity index (χ1) is 13.6. The van der Waals surface area contributed by atoms with Gasteiger partial charge in [-0.05, 0) is 44.1 Å². The third-order valence-corrected chi connectivity index (χ3v) is 4.86. The SMILES string of the molecule is COc1cc2ncnc(Nc3ccc(F)c(O)c3)c2cc1NC1CCNCC1. The molecule has 0 aliphatic carbocycles. The standard InChI is InChI=1S/C20H22FN5O2/c1-28-19-10-16-14(9-17(19)25-12-4-6-22-7-5-12)20(24-11-23-16)26-13-2-3-15(21)18(27)8-13/h2-3,8-12,22,25,27H,4-7H2,1H3,(H,23,24,26). The minimum Gasteiger partial charge on any atom is -0.505 e. The summed E-state index contributed by atoms with van der Waals surface area (Å²) >= 11 is 0. The fourth-order valence-electron chi connectivity index (χ4n) is 3.38. The van der Waals surface area contributed by atoms with E-state index in [1.54, 1.807) is 13.2 Å². The average Bonchev–Trinajstić information content (AvgIpc) is 2.71. The zero-order valence-corrected chi connectivity index (χ0v) is 15.5. The van der Waals surface area contributed by atoms with Gasteiger partial charge in [-0.1, -0.05) is 0 Å². The van der Waals surface area contributed by atoms with E-state index in [-0.39, 0.29) is 0 Å². The van der Waals surface area contributed by atoms with Crippen LogP contribution in [0.4, 0.5) is 21.6 Å².